The molecule has 1 aliphatic heterocycles. The second kappa shape index (κ2) is 3.02. The van der Waals surface area contributed by atoms with Crippen LogP contribution in [0, 0.1) is 0 Å². The SMILES string of the molecule is c1cn2c([C@@H]3CCCN3)nnc2cn1. The molecule has 14 heavy (non-hydrogen) atoms. The van der Waals surface area contributed by atoms with Gasteiger partial charge in [0.25, 0.3) is 0 Å². The molecular formula is C9H11N5. The lowest BCUT2D eigenvalue weighted by Gasteiger charge is -2.06. The van der Waals surface area contributed by atoms with Crippen LogP contribution in [0.1, 0.15) is 24.7 Å². The van der Waals surface area contributed by atoms with Gasteiger partial charge in [-0.15, -0.1) is 10.2 Å². The number of hydrogen-bond acceptors (Lipinski definition) is 4. The Morgan fingerprint density at radius 1 is 1.43 bits per heavy atom. The Bertz CT molecular complexity index is 443. The minimum atomic E-state index is 0.354. The molecule has 3 heterocycles. The van der Waals surface area contributed by atoms with Crippen LogP contribution in [0.4, 0.5) is 0 Å². The van der Waals surface area contributed by atoms with Gasteiger partial charge in [0.1, 0.15) is 0 Å². The van der Waals surface area contributed by atoms with Crippen LogP contribution in [0.3, 0.4) is 0 Å². The number of nitrogens with one attached hydrogen (secondary N) is 1. The van der Waals surface area contributed by atoms with E-state index < -0.39 is 0 Å². The molecule has 5 nitrogen and oxygen atoms in total. The third kappa shape index (κ3) is 1.09. The van der Waals surface area contributed by atoms with Crippen LogP contribution < -0.4 is 5.32 Å². The van der Waals surface area contributed by atoms with E-state index in [9.17, 15) is 0 Å². The van der Waals surface area contributed by atoms with Gasteiger partial charge in [0.2, 0.25) is 0 Å². The highest BCUT2D eigenvalue weighted by Crippen LogP contribution is 2.21. The van der Waals surface area contributed by atoms with Crippen LogP contribution in [0.25, 0.3) is 5.65 Å². The molecule has 0 radical (unpaired) electrons. The molecule has 1 N–H and O–H groups in total. The van der Waals surface area contributed by atoms with Crippen molar-refractivity contribution in [2.75, 3.05) is 6.54 Å². The molecule has 2 aromatic rings. The Balaban J connectivity index is 2.11. The van der Waals surface area contributed by atoms with Crippen molar-refractivity contribution in [1.82, 2.24) is 24.9 Å². The summed E-state index contributed by atoms with van der Waals surface area (Å²) in [6.07, 6.45) is 7.75. The van der Waals surface area contributed by atoms with Crippen LogP contribution in [0.15, 0.2) is 18.6 Å². The smallest absolute Gasteiger partial charge is 0.179 e. The van der Waals surface area contributed by atoms with Gasteiger partial charge in [0.15, 0.2) is 11.5 Å². The maximum Gasteiger partial charge on any atom is 0.179 e. The van der Waals surface area contributed by atoms with Crippen LogP contribution >= 0.6 is 0 Å². The van der Waals surface area contributed by atoms with Crippen LogP contribution in [-0.2, 0) is 0 Å². The molecule has 1 aliphatic rings. The lowest BCUT2D eigenvalue weighted by molar-refractivity contribution is 0.598. The zero-order valence-electron chi connectivity index (χ0n) is 7.72. The molecule has 2 aromatic heterocycles. The molecule has 1 atom stereocenters. The van der Waals surface area contributed by atoms with Gasteiger partial charge >= 0.3 is 0 Å². The first-order chi connectivity index (χ1) is 6.95. The summed E-state index contributed by atoms with van der Waals surface area (Å²) in [5.41, 5.74) is 0.816. The fraction of sp³-hybridized carbons (Fsp3) is 0.444. The molecule has 0 unspecified atom stereocenters. The van der Waals surface area contributed by atoms with Gasteiger partial charge in [-0.05, 0) is 19.4 Å². The first kappa shape index (κ1) is 7.87. The topological polar surface area (TPSA) is 55.1 Å². The van der Waals surface area contributed by atoms with Crippen LogP contribution in [0.5, 0.6) is 0 Å². The average Bonchev–Trinajstić information content (AvgIpc) is 2.85. The first-order valence-corrected chi connectivity index (χ1v) is 4.83. The normalized spacial score (nSPS) is 21.9. The van der Waals surface area contributed by atoms with E-state index in [1.165, 1.54) is 6.42 Å². The summed E-state index contributed by atoms with van der Waals surface area (Å²) in [4.78, 5) is 4.01. The molecule has 0 saturated carbocycles. The quantitative estimate of drug-likeness (QED) is 0.711. The molecule has 0 aromatic carbocycles. The van der Waals surface area contributed by atoms with Crippen molar-refractivity contribution in [2.45, 2.75) is 18.9 Å². The number of fused-ring (bicyclic) bond motifs is 1. The van der Waals surface area contributed by atoms with Crippen molar-refractivity contribution in [2.24, 2.45) is 0 Å². The number of rotatable bonds is 1. The number of nitrogens with zero attached hydrogens (tertiary/aromatic N) is 4. The largest absolute Gasteiger partial charge is 0.307 e. The predicted molar refractivity (Wildman–Crippen MR) is 50.8 cm³/mol. The van der Waals surface area contributed by atoms with Crippen molar-refractivity contribution in [3.05, 3.63) is 24.4 Å². The summed E-state index contributed by atoms with van der Waals surface area (Å²) < 4.78 is 2.00. The van der Waals surface area contributed by atoms with E-state index in [1.54, 1.807) is 12.4 Å². The zero-order chi connectivity index (χ0) is 9.38. The Morgan fingerprint density at radius 2 is 2.43 bits per heavy atom. The van der Waals surface area contributed by atoms with Crippen molar-refractivity contribution >= 4 is 5.65 Å². The van der Waals surface area contributed by atoms with Gasteiger partial charge in [-0.1, -0.05) is 0 Å². The van der Waals surface area contributed by atoms with E-state index >= 15 is 0 Å². The Labute approximate surface area is 81.2 Å². The first-order valence-electron chi connectivity index (χ1n) is 4.83. The summed E-state index contributed by atoms with van der Waals surface area (Å²) in [6.45, 7) is 1.07. The Kier molecular flexibility index (Phi) is 1.70. The van der Waals surface area contributed by atoms with Gasteiger partial charge < -0.3 is 5.32 Å². The average molecular weight is 189 g/mol. The predicted octanol–water partition coefficient (Wildman–Crippen LogP) is 0.549. The molecule has 3 rings (SSSR count). The maximum atomic E-state index is 4.19. The summed E-state index contributed by atoms with van der Waals surface area (Å²) in [5, 5.41) is 11.7. The fourth-order valence-corrected chi connectivity index (χ4v) is 1.91. The summed E-state index contributed by atoms with van der Waals surface area (Å²) in [7, 11) is 0. The van der Waals surface area contributed by atoms with E-state index in [-0.39, 0.29) is 0 Å². The minimum Gasteiger partial charge on any atom is -0.307 e. The third-order valence-corrected chi connectivity index (χ3v) is 2.61. The lowest BCUT2D eigenvalue weighted by atomic mass is 10.2. The van der Waals surface area contributed by atoms with Gasteiger partial charge in [-0.3, -0.25) is 9.38 Å². The second-order valence-corrected chi connectivity index (χ2v) is 3.51. The highest BCUT2D eigenvalue weighted by molar-refractivity contribution is 5.34. The monoisotopic (exact) mass is 189 g/mol. The molecule has 0 amide bonds. The molecule has 1 fully saturated rings. The van der Waals surface area contributed by atoms with Crippen LogP contribution in [-0.4, -0.2) is 26.1 Å². The fourth-order valence-electron chi connectivity index (χ4n) is 1.91. The van der Waals surface area contributed by atoms with E-state index in [0.717, 1.165) is 24.4 Å². The molecule has 5 heteroatoms. The molecule has 0 bridgehead atoms. The second-order valence-electron chi connectivity index (χ2n) is 3.51. The van der Waals surface area contributed by atoms with Gasteiger partial charge in [-0.2, -0.15) is 0 Å². The van der Waals surface area contributed by atoms with Crippen molar-refractivity contribution in [3.63, 3.8) is 0 Å². The summed E-state index contributed by atoms with van der Waals surface area (Å²) >= 11 is 0. The Morgan fingerprint density at radius 3 is 3.29 bits per heavy atom. The summed E-state index contributed by atoms with van der Waals surface area (Å²) in [6, 6.07) is 0.354. The zero-order valence-corrected chi connectivity index (χ0v) is 7.72. The highest BCUT2D eigenvalue weighted by atomic mass is 15.3. The van der Waals surface area contributed by atoms with Gasteiger partial charge in [0, 0.05) is 12.4 Å². The van der Waals surface area contributed by atoms with Crippen molar-refractivity contribution in [3.8, 4) is 0 Å². The molecule has 0 aliphatic carbocycles. The van der Waals surface area contributed by atoms with Gasteiger partial charge in [0.05, 0.1) is 12.2 Å². The van der Waals surface area contributed by atoms with Crippen LogP contribution in [0.2, 0.25) is 0 Å². The van der Waals surface area contributed by atoms with E-state index in [2.05, 4.69) is 20.5 Å². The van der Waals surface area contributed by atoms with E-state index in [1.807, 2.05) is 10.6 Å². The molecular weight excluding hydrogens is 178 g/mol. The summed E-state index contributed by atoms with van der Waals surface area (Å²) in [5.74, 6) is 1.000. The number of hydrogen-bond donors (Lipinski definition) is 1. The highest BCUT2D eigenvalue weighted by Gasteiger charge is 2.21. The maximum absolute atomic E-state index is 4.19. The van der Waals surface area contributed by atoms with Gasteiger partial charge in [-0.25, -0.2) is 0 Å². The lowest BCUT2D eigenvalue weighted by Crippen LogP contribution is -2.15. The van der Waals surface area contributed by atoms with Crippen molar-refractivity contribution in [1.29, 1.82) is 0 Å². The van der Waals surface area contributed by atoms with E-state index in [0.29, 0.717) is 6.04 Å². The van der Waals surface area contributed by atoms with Crippen molar-refractivity contribution < 1.29 is 0 Å². The minimum absolute atomic E-state index is 0.354. The standard InChI is InChI=1S/C9H11N5/c1-2-7(11-3-1)9-13-12-8-6-10-4-5-14(8)9/h4-7,11H,1-3H2/t7-/m0/s1. The molecule has 1 saturated heterocycles. The molecule has 0 spiro atoms. The molecule has 72 valence electrons. The number of aromatic nitrogens is 4. The Hall–Kier alpha value is -1.49. The van der Waals surface area contributed by atoms with E-state index in [4.69, 9.17) is 0 Å². The third-order valence-electron chi connectivity index (χ3n) is 2.61.